The third kappa shape index (κ3) is 6.01. The van der Waals surface area contributed by atoms with Crippen molar-refractivity contribution in [3.63, 3.8) is 0 Å². The Bertz CT molecular complexity index is 3560. The molecule has 0 saturated heterocycles. The highest BCUT2D eigenvalue weighted by atomic mass is 32.1. The molecular weight excluding hydrogens is 757 g/mol. The lowest BCUT2D eigenvalue weighted by molar-refractivity contribution is 1.18. The van der Waals surface area contributed by atoms with Crippen molar-refractivity contribution in [2.24, 2.45) is 0 Å². The second-order valence-corrected chi connectivity index (χ2v) is 16.8. The van der Waals surface area contributed by atoms with E-state index in [1.54, 1.807) is 0 Å². The van der Waals surface area contributed by atoms with E-state index in [1.807, 2.05) is 11.3 Å². The van der Waals surface area contributed by atoms with Gasteiger partial charge in [-0.25, -0.2) is 0 Å². The second kappa shape index (κ2) is 14.5. The average molecular weight is 795 g/mol. The number of hydrogen-bond acceptors (Lipinski definition) is 2. The lowest BCUT2D eigenvalue weighted by Crippen LogP contribution is -2.10. The van der Waals surface area contributed by atoms with Gasteiger partial charge in [-0.2, -0.15) is 0 Å². The summed E-state index contributed by atoms with van der Waals surface area (Å²) in [4.78, 5) is 2.40. The highest BCUT2D eigenvalue weighted by Gasteiger charge is 2.18. The number of para-hydroxylation sites is 1. The van der Waals surface area contributed by atoms with Gasteiger partial charge in [0, 0.05) is 53.4 Å². The number of nitrogens with zero attached hydrogens (tertiary/aromatic N) is 2. The highest BCUT2D eigenvalue weighted by Crippen LogP contribution is 2.43. The first-order valence-electron chi connectivity index (χ1n) is 20.8. The minimum atomic E-state index is 1.11. The molecule has 286 valence electrons. The Hall–Kier alpha value is -7.72. The van der Waals surface area contributed by atoms with Gasteiger partial charge in [0.1, 0.15) is 0 Å². The van der Waals surface area contributed by atoms with Crippen LogP contribution in [0.15, 0.2) is 231 Å². The topological polar surface area (TPSA) is 8.17 Å². The van der Waals surface area contributed by atoms with E-state index in [2.05, 4.69) is 240 Å². The van der Waals surface area contributed by atoms with Gasteiger partial charge in [0.05, 0.1) is 16.7 Å². The number of aromatic nitrogens is 1. The number of benzene rings is 10. The molecule has 0 fully saturated rings. The Morgan fingerprint density at radius 3 is 1.70 bits per heavy atom. The minimum Gasteiger partial charge on any atom is -0.310 e. The molecule has 0 aliphatic heterocycles. The Balaban J connectivity index is 0.926. The molecule has 12 aromatic rings. The number of rotatable bonds is 7. The standard InChI is InChI=1S/C58H38N2S/c1-2-12-39(13-3-1)40-24-33-47(34-25-40)60-55-21-8-6-17-50(55)53-38-44(30-37-56(53)60)41-26-31-45(32-27-41)59(54-22-10-15-42-14-4-5-16-48(42)54)46-35-28-43(29-36-46)49-19-11-20-52-51-18-7-9-23-57(51)61-58(49)52/h1-38H. The molecule has 10 aromatic carbocycles. The number of anilines is 3. The lowest BCUT2D eigenvalue weighted by Gasteiger charge is -2.27. The van der Waals surface area contributed by atoms with E-state index in [9.17, 15) is 0 Å². The molecule has 2 heterocycles. The van der Waals surface area contributed by atoms with Gasteiger partial charge in [0.2, 0.25) is 0 Å². The van der Waals surface area contributed by atoms with Crippen LogP contribution in [0.2, 0.25) is 0 Å². The summed E-state index contributed by atoms with van der Waals surface area (Å²) in [5, 5.41) is 7.56. The van der Waals surface area contributed by atoms with E-state index in [1.165, 1.54) is 86.1 Å². The summed E-state index contributed by atoms with van der Waals surface area (Å²) in [7, 11) is 0. The largest absolute Gasteiger partial charge is 0.310 e. The van der Waals surface area contributed by atoms with Crippen LogP contribution >= 0.6 is 11.3 Å². The fourth-order valence-corrected chi connectivity index (χ4v) is 10.5. The Morgan fingerprint density at radius 2 is 0.902 bits per heavy atom. The molecule has 0 bridgehead atoms. The molecule has 0 spiro atoms. The Morgan fingerprint density at radius 1 is 0.344 bits per heavy atom. The van der Waals surface area contributed by atoms with Gasteiger partial charge in [-0.15, -0.1) is 11.3 Å². The predicted molar refractivity (Wildman–Crippen MR) is 262 cm³/mol. The van der Waals surface area contributed by atoms with Gasteiger partial charge in [0.15, 0.2) is 0 Å². The van der Waals surface area contributed by atoms with Crippen LogP contribution in [0.4, 0.5) is 17.1 Å². The fourth-order valence-electron chi connectivity index (χ4n) is 9.26. The quantitative estimate of drug-likeness (QED) is 0.156. The second-order valence-electron chi connectivity index (χ2n) is 15.7. The van der Waals surface area contributed by atoms with E-state index in [4.69, 9.17) is 0 Å². The zero-order valence-electron chi connectivity index (χ0n) is 33.2. The van der Waals surface area contributed by atoms with Crippen LogP contribution in [0.5, 0.6) is 0 Å². The highest BCUT2D eigenvalue weighted by molar-refractivity contribution is 7.26. The Kier molecular flexibility index (Phi) is 8.39. The molecule has 0 radical (unpaired) electrons. The van der Waals surface area contributed by atoms with Crippen LogP contribution < -0.4 is 4.90 Å². The van der Waals surface area contributed by atoms with Crippen LogP contribution in [0.3, 0.4) is 0 Å². The van der Waals surface area contributed by atoms with Crippen molar-refractivity contribution >= 4 is 81.1 Å². The van der Waals surface area contributed by atoms with E-state index in [-0.39, 0.29) is 0 Å². The van der Waals surface area contributed by atoms with Gasteiger partial charge < -0.3 is 9.47 Å². The molecular formula is C58H38N2S. The minimum absolute atomic E-state index is 1.11. The molecule has 61 heavy (non-hydrogen) atoms. The van der Waals surface area contributed by atoms with Crippen molar-refractivity contribution in [3.05, 3.63) is 231 Å². The average Bonchev–Trinajstić information content (AvgIpc) is 3.88. The third-order valence-electron chi connectivity index (χ3n) is 12.2. The molecule has 3 heteroatoms. The monoisotopic (exact) mass is 794 g/mol. The molecule has 12 rings (SSSR count). The smallest absolute Gasteiger partial charge is 0.0541 e. The maximum Gasteiger partial charge on any atom is 0.0541 e. The van der Waals surface area contributed by atoms with Crippen LogP contribution in [0.1, 0.15) is 0 Å². The first kappa shape index (κ1) is 35.2. The number of hydrogen-bond donors (Lipinski definition) is 0. The van der Waals surface area contributed by atoms with Crippen molar-refractivity contribution in [1.29, 1.82) is 0 Å². The summed E-state index contributed by atoms with van der Waals surface area (Å²) in [6.07, 6.45) is 0. The molecule has 2 nitrogen and oxygen atoms in total. The molecule has 0 atom stereocenters. The first-order valence-corrected chi connectivity index (χ1v) is 21.6. The van der Waals surface area contributed by atoms with Gasteiger partial charge >= 0.3 is 0 Å². The summed E-state index contributed by atoms with van der Waals surface area (Å²) in [6.45, 7) is 0. The predicted octanol–water partition coefficient (Wildman–Crippen LogP) is 16.8. The summed E-state index contributed by atoms with van der Waals surface area (Å²) >= 11 is 1.88. The normalized spacial score (nSPS) is 11.6. The van der Waals surface area contributed by atoms with Crippen LogP contribution in [0.25, 0.3) is 91.8 Å². The number of fused-ring (bicyclic) bond motifs is 7. The molecule has 2 aromatic heterocycles. The van der Waals surface area contributed by atoms with E-state index < -0.39 is 0 Å². The summed E-state index contributed by atoms with van der Waals surface area (Å²) < 4.78 is 5.05. The SMILES string of the molecule is c1ccc(-c2ccc(-n3c4ccccc4c4cc(-c5ccc(N(c6ccc(-c7cccc8c7sc7ccccc78)cc6)c6cccc7ccccc67)cc5)ccc43)cc2)cc1. The molecule has 0 amide bonds. The summed E-state index contributed by atoms with van der Waals surface area (Å²) in [6, 6.07) is 84.1. The molecule has 0 saturated carbocycles. The van der Waals surface area contributed by atoms with Crippen LogP contribution in [-0.4, -0.2) is 4.57 Å². The lowest BCUT2D eigenvalue weighted by atomic mass is 10.0. The van der Waals surface area contributed by atoms with Crippen molar-refractivity contribution < 1.29 is 0 Å². The summed E-state index contributed by atoms with van der Waals surface area (Å²) in [5.74, 6) is 0. The van der Waals surface area contributed by atoms with Crippen molar-refractivity contribution in [3.8, 4) is 39.1 Å². The molecule has 0 N–H and O–H groups in total. The first-order chi connectivity index (χ1) is 30.2. The van der Waals surface area contributed by atoms with Crippen LogP contribution in [-0.2, 0) is 0 Å². The van der Waals surface area contributed by atoms with E-state index in [0.717, 1.165) is 22.7 Å². The number of thiophene rings is 1. The van der Waals surface area contributed by atoms with Crippen LogP contribution in [0, 0.1) is 0 Å². The van der Waals surface area contributed by atoms with Gasteiger partial charge in [-0.05, 0) is 105 Å². The van der Waals surface area contributed by atoms with Gasteiger partial charge in [0.25, 0.3) is 0 Å². The van der Waals surface area contributed by atoms with Crippen molar-refractivity contribution in [2.75, 3.05) is 4.90 Å². The molecule has 0 unspecified atom stereocenters. The maximum absolute atomic E-state index is 2.40. The van der Waals surface area contributed by atoms with Crippen molar-refractivity contribution in [2.45, 2.75) is 0 Å². The van der Waals surface area contributed by atoms with Crippen molar-refractivity contribution in [1.82, 2.24) is 4.57 Å². The zero-order chi connectivity index (χ0) is 40.3. The molecule has 0 aliphatic carbocycles. The summed E-state index contributed by atoms with van der Waals surface area (Å²) in [5.41, 5.74) is 14.2. The van der Waals surface area contributed by atoms with Gasteiger partial charge in [-0.1, -0.05) is 164 Å². The maximum atomic E-state index is 2.40. The third-order valence-corrected chi connectivity index (χ3v) is 13.4. The van der Waals surface area contributed by atoms with E-state index >= 15 is 0 Å². The zero-order valence-corrected chi connectivity index (χ0v) is 34.1. The Labute approximate surface area is 358 Å². The molecule has 0 aliphatic rings. The van der Waals surface area contributed by atoms with Gasteiger partial charge in [-0.3, -0.25) is 0 Å². The fraction of sp³-hybridized carbons (Fsp3) is 0. The van der Waals surface area contributed by atoms with E-state index in [0.29, 0.717) is 0 Å².